The number of sulfone groups is 1. The number of aromatic amines is 1. The molecule has 1 amide bonds. The highest BCUT2D eigenvalue weighted by atomic mass is 32.2. The van der Waals surface area contributed by atoms with Crippen molar-refractivity contribution in [3.63, 3.8) is 0 Å². The number of aromatic nitrogens is 2. The number of benzene rings is 1. The van der Waals surface area contributed by atoms with Gasteiger partial charge in [-0.25, -0.2) is 12.8 Å². The summed E-state index contributed by atoms with van der Waals surface area (Å²) in [6, 6.07) is 7.98. The number of H-pyrrole nitrogens is 1. The van der Waals surface area contributed by atoms with Gasteiger partial charge in [-0.1, -0.05) is 18.2 Å². The Morgan fingerprint density at radius 1 is 1.38 bits per heavy atom. The van der Waals surface area contributed by atoms with Gasteiger partial charge in [-0.2, -0.15) is 5.10 Å². The summed E-state index contributed by atoms with van der Waals surface area (Å²) >= 11 is 0. The summed E-state index contributed by atoms with van der Waals surface area (Å²) < 4.78 is 37.3. The van der Waals surface area contributed by atoms with Crippen molar-refractivity contribution in [2.24, 2.45) is 5.92 Å². The highest BCUT2D eigenvalue weighted by molar-refractivity contribution is 7.91. The topological polar surface area (TPSA) is 83.1 Å². The largest absolute Gasteiger partial charge is 0.333 e. The van der Waals surface area contributed by atoms with E-state index in [9.17, 15) is 17.6 Å². The van der Waals surface area contributed by atoms with Crippen LogP contribution in [-0.4, -0.2) is 47.5 Å². The Bertz CT molecular complexity index is 895. The number of hydrogen-bond acceptors (Lipinski definition) is 4. The number of aryl methyl sites for hydroxylation is 1. The number of carbonyl (C=O) groups excluding carboxylic acids is 1. The van der Waals surface area contributed by atoms with Gasteiger partial charge in [0.1, 0.15) is 11.5 Å². The summed E-state index contributed by atoms with van der Waals surface area (Å²) in [4.78, 5) is 14.3. The number of halogens is 1. The normalized spacial score (nSPS) is 18.8. The molecule has 2 heterocycles. The van der Waals surface area contributed by atoms with Gasteiger partial charge in [0, 0.05) is 24.3 Å². The van der Waals surface area contributed by atoms with Crippen LogP contribution in [0.1, 0.15) is 34.6 Å². The second-order valence-corrected chi connectivity index (χ2v) is 9.04. The molecule has 2 aromatic rings. The minimum atomic E-state index is -2.96. The Kier molecular flexibility index (Phi) is 5.41. The molecule has 0 radical (unpaired) electrons. The average molecular weight is 379 g/mol. The lowest BCUT2D eigenvalue weighted by Gasteiger charge is -2.23. The van der Waals surface area contributed by atoms with Crippen molar-refractivity contribution in [2.75, 3.05) is 18.1 Å². The highest BCUT2D eigenvalue weighted by Gasteiger charge is 2.29. The monoisotopic (exact) mass is 379 g/mol. The number of rotatable bonds is 6. The van der Waals surface area contributed by atoms with E-state index in [1.165, 1.54) is 6.07 Å². The van der Waals surface area contributed by atoms with E-state index in [2.05, 4.69) is 10.2 Å². The van der Waals surface area contributed by atoms with Gasteiger partial charge < -0.3 is 4.90 Å². The van der Waals surface area contributed by atoms with Gasteiger partial charge in [-0.15, -0.1) is 0 Å². The predicted molar refractivity (Wildman–Crippen MR) is 95.8 cm³/mol. The van der Waals surface area contributed by atoms with Crippen molar-refractivity contribution in [3.05, 3.63) is 53.1 Å². The maximum Gasteiger partial charge on any atom is 0.274 e. The van der Waals surface area contributed by atoms with Crippen LogP contribution in [0.25, 0.3) is 0 Å². The van der Waals surface area contributed by atoms with Crippen LogP contribution in [0.15, 0.2) is 30.3 Å². The first kappa shape index (κ1) is 18.6. The molecule has 1 saturated heterocycles. The Morgan fingerprint density at radius 2 is 2.15 bits per heavy atom. The zero-order valence-corrected chi connectivity index (χ0v) is 15.4. The van der Waals surface area contributed by atoms with Crippen LogP contribution in [0.4, 0.5) is 4.39 Å². The lowest BCUT2D eigenvalue weighted by molar-refractivity contribution is 0.0727. The second-order valence-electron chi connectivity index (χ2n) is 6.81. The molecule has 1 unspecified atom stereocenters. The zero-order valence-electron chi connectivity index (χ0n) is 14.6. The quantitative estimate of drug-likeness (QED) is 0.835. The van der Waals surface area contributed by atoms with E-state index in [1.807, 2.05) is 0 Å². The summed E-state index contributed by atoms with van der Waals surface area (Å²) in [6.45, 7) is 2.28. The van der Waals surface area contributed by atoms with E-state index in [0.29, 0.717) is 24.9 Å². The molecule has 0 bridgehead atoms. The second kappa shape index (κ2) is 7.57. The van der Waals surface area contributed by atoms with E-state index in [4.69, 9.17) is 0 Å². The molecule has 3 rings (SSSR count). The molecule has 0 aliphatic carbocycles. The van der Waals surface area contributed by atoms with Gasteiger partial charge in [0.2, 0.25) is 0 Å². The van der Waals surface area contributed by atoms with Crippen LogP contribution in [-0.2, 0) is 16.4 Å². The Hall–Kier alpha value is -2.22. The lowest BCUT2D eigenvalue weighted by Crippen LogP contribution is -2.33. The first-order valence-corrected chi connectivity index (χ1v) is 10.4. The molecule has 1 aromatic heterocycles. The molecular weight excluding hydrogens is 357 g/mol. The van der Waals surface area contributed by atoms with E-state index in [0.717, 1.165) is 5.69 Å². The molecule has 0 spiro atoms. The highest BCUT2D eigenvalue weighted by Crippen LogP contribution is 2.23. The third kappa shape index (κ3) is 4.49. The molecule has 1 aliphatic rings. The third-order valence-corrected chi connectivity index (χ3v) is 6.50. The molecule has 1 aliphatic heterocycles. The van der Waals surface area contributed by atoms with Crippen molar-refractivity contribution < 1.29 is 17.6 Å². The van der Waals surface area contributed by atoms with Crippen molar-refractivity contribution >= 4 is 15.7 Å². The Labute approximate surface area is 152 Å². The number of carbonyl (C=O) groups is 1. The average Bonchev–Trinajstić information content (AvgIpc) is 3.17. The van der Waals surface area contributed by atoms with E-state index < -0.39 is 9.84 Å². The first-order chi connectivity index (χ1) is 12.3. The Balaban J connectivity index is 1.75. The van der Waals surface area contributed by atoms with Gasteiger partial charge in [0.15, 0.2) is 9.84 Å². The zero-order chi connectivity index (χ0) is 18.7. The van der Waals surface area contributed by atoms with Gasteiger partial charge in [0.05, 0.1) is 11.5 Å². The molecule has 6 nitrogen and oxygen atoms in total. The maximum absolute atomic E-state index is 14.0. The minimum Gasteiger partial charge on any atom is -0.333 e. The van der Waals surface area contributed by atoms with Crippen molar-refractivity contribution in [1.29, 1.82) is 0 Å². The van der Waals surface area contributed by atoms with Gasteiger partial charge in [-0.05, 0) is 37.8 Å². The van der Waals surface area contributed by atoms with Crippen molar-refractivity contribution in [1.82, 2.24) is 15.1 Å². The molecule has 26 heavy (non-hydrogen) atoms. The fourth-order valence-electron chi connectivity index (χ4n) is 3.21. The van der Waals surface area contributed by atoms with Crippen LogP contribution < -0.4 is 0 Å². The number of nitrogens with zero attached hydrogens (tertiary/aromatic N) is 2. The molecule has 8 heteroatoms. The molecule has 1 fully saturated rings. The third-order valence-electron chi connectivity index (χ3n) is 4.67. The minimum absolute atomic E-state index is 0.0387. The maximum atomic E-state index is 14.0. The fourth-order valence-corrected chi connectivity index (χ4v) is 5.12. The van der Waals surface area contributed by atoms with Crippen molar-refractivity contribution in [2.45, 2.75) is 26.3 Å². The molecule has 1 aromatic carbocycles. The number of amides is 1. The van der Waals surface area contributed by atoms with Crippen LogP contribution in [0.3, 0.4) is 0 Å². The van der Waals surface area contributed by atoms with E-state index >= 15 is 0 Å². The molecule has 140 valence electrons. The van der Waals surface area contributed by atoms with E-state index in [1.54, 1.807) is 36.1 Å². The lowest BCUT2D eigenvalue weighted by atomic mass is 10.0. The molecular formula is C18H22FN3O3S. The number of hydrogen-bond donors (Lipinski definition) is 1. The summed E-state index contributed by atoms with van der Waals surface area (Å²) in [5.74, 6) is -0.254. The summed E-state index contributed by atoms with van der Waals surface area (Å²) in [5.41, 5.74) is 1.46. The number of nitrogens with one attached hydrogen (secondary N) is 1. The smallest absolute Gasteiger partial charge is 0.274 e. The molecule has 1 N–H and O–H groups in total. The fraction of sp³-hybridized carbons (Fsp3) is 0.444. The predicted octanol–water partition coefficient (Wildman–Crippen LogP) is 2.32. The van der Waals surface area contributed by atoms with Crippen LogP contribution >= 0.6 is 0 Å². The van der Waals surface area contributed by atoms with E-state index in [-0.39, 0.29) is 41.4 Å². The van der Waals surface area contributed by atoms with Gasteiger partial charge in [0.25, 0.3) is 5.91 Å². The first-order valence-electron chi connectivity index (χ1n) is 8.59. The Morgan fingerprint density at radius 3 is 2.77 bits per heavy atom. The van der Waals surface area contributed by atoms with Gasteiger partial charge in [-0.3, -0.25) is 9.89 Å². The van der Waals surface area contributed by atoms with Crippen LogP contribution in [0.5, 0.6) is 0 Å². The molecule has 1 atom stereocenters. The van der Waals surface area contributed by atoms with Crippen LogP contribution in [0, 0.1) is 18.7 Å². The summed E-state index contributed by atoms with van der Waals surface area (Å²) in [7, 11) is -2.96. The van der Waals surface area contributed by atoms with Crippen molar-refractivity contribution in [3.8, 4) is 0 Å². The standard InChI is InChI=1S/C18H22FN3O3S/c1-13-10-17(21-20-13)18(23)22(11-15-4-2-3-5-16(15)19)8-6-14-7-9-26(24,25)12-14/h2-5,10,14H,6-9,11-12H2,1H3,(H,20,21). The van der Waals surface area contributed by atoms with Crippen LogP contribution in [0.2, 0.25) is 0 Å². The SMILES string of the molecule is Cc1cc(C(=O)N(CCC2CCS(=O)(=O)C2)Cc2ccccc2F)n[nH]1. The molecule has 0 saturated carbocycles. The van der Waals surface area contributed by atoms with Gasteiger partial charge >= 0.3 is 0 Å². The summed E-state index contributed by atoms with van der Waals surface area (Å²) in [6.07, 6.45) is 1.19. The summed E-state index contributed by atoms with van der Waals surface area (Å²) in [5, 5.41) is 6.73.